The topological polar surface area (TPSA) is 48.9 Å². The van der Waals surface area contributed by atoms with Crippen molar-refractivity contribution < 1.29 is 5.11 Å². The highest BCUT2D eigenvalue weighted by Crippen LogP contribution is 2.42. The number of nitrogens with zero attached hydrogens (tertiary/aromatic N) is 1. The Morgan fingerprint density at radius 3 is 2.83 bits per heavy atom. The van der Waals surface area contributed by atoms with Gasteiger partial charge in [-0.3, -0.25) is 0 Å². The molecule has 1 aliphatic carbocycles. The Morgan fingerprint density at radius 1 is 1.39 bits per heavy atom. The lowest BCUT2D eigenvalue weighted by molar-refractivity contribution is 0.113. The van der Waals surface area contributed by atoms with E-state index in [4.69, 9.17) is 0 Å². The molecule has 0 atom stereocenters. The summed E-state index contributed by atoms with van der Waals surface area (Å²) in [6.07, 6.45) is 5.12. The molecule has 1 heterocycles. The van der Waals surface area contributed by atoms with Crippen LogP contribution in [0, 0.1) is 6.92 Å². The number of benzene rings is 1. The molecule has 0 spiro atoms. The first kappa shape index (κ1) is 11.5. The second kappa shape index (κ2) is 4.25. The summed E-state index contributed by atoms with van der Waals surface area (Å²) in [6.45, 7) is 2.27. The van der Waals surface area contributed by atoms with Gasteiger partial charge in [-0.2, -0.15) is 0 Å². The molecule has 94 valence electrons. The molecule has 0 unspecified atom stereocenters. The van der Waals surface area contributed by atoms with Crippen molar-refractivity contribution in [2.24, 2.45) is 0 Å². The summed E-state index contributed by atoms with van der Waals surface area (Å²) in [5.74, 6) is 0.938. The minimum atomic E-state index is -0.109. The molecule has 1 aromatic carbocycles. The Kier molecular flexibility index (Phi) is 2.71. The number of rotatable bonds is 3. The molecule has 0 amide bonds. The molecule has 1 fully saturated rings. The lowest BCUT2D eigenvalue weighted by Crippen LogP contribution is -2.39. The van der Waals surface area contributed by atoms with Crippen molar-refractivity contribution >= 4 is 0 Å². The lowest BCUT2D eigenvalue weighted by Gasteiger charge is -2.38. The van der Waals surface area contributed by atoms with Crippen LogP contribution in [0.25, 0.3) is 11.3 Å². The van der Waals surface area contributed by atoms with Gasteiger partial charge in [0, 0.05) is 0 Å². The fraction of sp³-hybridized carbons (Fsp3) is 0.400. The highest BCUT2D eigenvalue weighted by atomic mass is 16.3. The summed E-state index contributed by atoms with van der Waals surface area (Å²) in [5, 5.41) is 9.55. The average molecular weight is 242 g/mol. The van der Waals surface area contributed by atoms with E-state index in [0.29, 0.717) is 0 Å². The van der Waals surface area contributed by atoms with Crippen LogP contribution >= 0.6 is 0 Å². The predicted octanol–water partition coefficient (Wildman–Crippen LogP) is 2.80. The molecule has 1 aliphatic rings. The molecule has 0 bridgehead atoms. The quantitative estimate of drug-likeness (QED) is 0.869. The minimum absolute atomic E-state index is 0.109. The van der Waals surface area contributed by atoms with Gasteiger partial charge in [-0.1, -0.05) is 30.2 Å². The van der Waals surface area contributed by atoms with Crippen molar-refractivity contribution in [3.05, 3.63) is 41.9 Å². The normalized spacial score (nSPS) is 17.4. The van der Waals surface area contributed by atoms with E-state index >= 15 is 0 Å². The van der Waals surface area contributed by atoms with Gasteiger partial charge in [0.25, 0.3) is 0 Å². The molecule has 3 rings (SSSR count). The second-order valence-corrected chi connectivity index (χ2v) is 5.31. The summed E-state index contributed by atoms with van der Waals surface area (Å²) in [6, 6.07) is 8.36. The molecule has 3 nitrogen and oxygen atoms in total. The van der Waals surface area contributed by atoms with E-state index in [1.54, 1.807) is 0 Å². The third kappa shape index (κ3) is 1.75. The first-order valence-corrected chi connectivity index (χ1v) is 6.47. The van der Waals surface area contributed by atoms with Gasteiger partial charge in [0.15, 0.2) is 0 Å². The van der Waals surface area contributed by atoms with E-state index < -0.39 is 0 Å². The first-order chi connectivity index (χ1) is 8.73. The Hall–Kier alpha value is -1.61. The van der Waals surface area contributed by atoms with Gasteiger partial charge in [0.05, 0.1) is 23.9 Å². The summed E-state index contributed by atoms with van der Waals surface area (Å²) >= 11 is 0. The summed E-state index contributed by atoms with van der Waals surface area (Å²) in [4.78, 5) is 7.85. The maximum absolute atomic E-state index is 9.55. The van der Waals surface area contributed by atoms with Crippen molar-refractivity contribution in [1.29, 1.82) is 0 Å². The minimum Gasteiger partial charge on any atom is -0.395 e. The van der Waals surface area contributed by atoms with Gasteiger partial charge in [-0.15, -0.1) is 0 Å². The van der Waals surface area contributed by atoms with E-state index in [-0.39, 0.29) is 12.0 Å². The largest absolute Gasteiger partial charge is 0.395 e. The van der Waals surface area contributed by atoms with Crippen LogP contribution in [0.15, 0.2) is 30.5 Å². The van der Waals surface area contributed by atoms with E-state index in [1.807, 2.05) is 6.20 Å². The van der Waals surface area contributed by atoms with Crippen LogP contribution in [0.5, 0.6) is 0 Å². The van der Waals surface area contributed by atoms with E-state index in [1.165, 1.54) is 12.0 Å². The van der Waals surface area contributed by atoms with Crippen molar-refractivity contribution in [3.63, 3.8) is 0 Å². The molecule has 2 N–H and O–H groups in total. The summed E-state index contributed by atoms with van der Waals surface area (Å²) in [7, 11) is 0. The van der Waals surface area contributed by atoms with Gasteiger partial charge in [0.2, 0.25) is 0 Å². The number of aliphatic hydroxyl groups is 1. The number of H-pyrrole nitrogens is 1. The number of aliphatic hydroxyl groups excluding tert-OH is 1. The molecular formula is C15H18N2O. The monoisotopic (exact) mass is 242 g/mol. The first-order valence-electron chi connectivity index (χ1n) is 6.47. The maximum Gasteiger partial charge on any atom is 0.115 e. The van der Waals surface area contributed by atoms with Crippen LogP contribution in [-0.2, 0) is 5.41 Å². The zero-order valence-electron chi connectivity index (χ0n) is 10.6. The third-order valence-electron chi connectivity index (χ3n) is 4.02. The van der Waals surface area contributed by atoms with Gasteiger partial charge < -0.3 is 10.1 Å². The number of aromatic nitrogens is 2. The fourth-order valence-corrected chi connectivity index (χ4v) is 2.62. The Labute approximate surface area is 107 Å². The molecule has 1 aromatic heterocycles. The summed E-state index contributed by atoms with van der Waals surface area (Å²) < 4.78 is 0. The van der Waals surface area contributed by atoms with Crippen LogP contribution in [0.3, 0.4) is 0 Å². The van der Waals surface area contributed by atoms with Crippen LogP contribution in [0.2, 0.25) is 0 Å². The average Bonchev–Trinajstić information content (AvgIpc) is 2.78. The van der Waals surface area contributed by atoms with Gasteiger partial charge >= 0.3 is 0 Å². The van der Waals surface area contributed by atoms with Crippen molar-refractivity contribution in [1.82, 2.24) is 9.97 Å². The van der Waals surface area contributed by atoms with E-state index in [2.05, 4.69) is 41.2 Å². The Balaban J connectivity index is 1.94. The molecule has 2 aromatic rings. The van der Waals surface area contributed by atoms with E-state index in [0.717, 1.165) is 29.9 Å². The number of hydrogen-bond donors (Lipinski definition) is 2. The number of aromatic amines is 1. The fourth-order valence-electron chi connectivity index (χ4n) is 2.62. The van der Waals surface area contributed by atoms with Crippen LogP contribution < -0.4 is 0 Å². The number of hydrogen-bond acceptors (Lipinski definition) is 2. The van der Waals surface area contributed by atoms with Crippen molar-refractivity contribution in [2.45, 2.75) is 31.6 Å². The third-order valence-corrected chi connectivity index (χ3v) is 4.02. The van der Waals surface area contributed by atoms with Crippen LogP contribution in [0.1, 0.15) is 30.7 Å². The number of imidazole rings is 1. The zero-order valence-corrected chi connectivity index (χ0v) is 10.6. The SMILES string of the molecule is Cc1cccc(-c2cnc(C3(CO)CCC3)[nH]2)c1. The Morgan fingerprint density at radius 2 is 2.22 bits per heavy atom. The maximum atomic E-state index is 9.55. The molecule has 0 aliphatic heterocycles. The second-order valence-electron chi connectivity index (χ2n) is 5.31. The van der Waals surface area contributed by atoms with Crippen molar-refractivity contribution in [2.75, 3.05) is 6.61 Å². The standard InChI is InChI=1S/C15H18N2O/c1-11-4-2-5-12(8-11)13-9-16-14(17-13)15(10-18)6-3-7-15/h2,4-5,8-9,18H,3,6-7,10H2,1H3,(H,16,17). The molecule has 0 radical (unpaired) electrons. The highest BCUT2D eigenvalue weighted by molar-refractivity contribution is 5.59. The highest BCUT2D eigenvalue weighted by Gasteiger charge is 2.40. The Bertz CT molecular complexity index is 550. The number of nitrogens with one attached hydrogen (secondary N) is 1. The molecule has 0 saturated heterocycles. The molecule has 18 heavy (non-hydrogen) atoms. The van der Waals surface area contributed by atoms with Crippen LogP contribution in [0.4, 0.5) is 0 Å². The zero-order chi connectivity index (χ0) is 12.6. The lowest BCUT2D eigenvalue weighted by atomic mass is 9.69. The van der Waals surface area contributed by atoms with Gasteiger partial charge in [0.1, 0.15) is 5.82 Å². The predicted molar refractivity (Wildman–Crippen MR) is 71.4 cm³/mol. The smallest absolute Gasteiger partial charge is 0.115 e. The van der Waals surface area contributed by atoms with Crippen LogP contribution in [-0.4, -0.2) is 21.7 Å². The van der Waals surface area contributed by atoms with Gasteiger partial charge in [-0.25, -0.2) is 4.98 Å². The van der Waals surface area contributed by atoms with E-state index in [9.17, 15) is 5.11 Å². The van der Waals surface area contributed by atoms with Crippen molar-refractivity contribution in [3.8, 4) is 11.3 Å². The summed E-state index contributed by atoms with van der Waals surface area (Å²) in [5.41, 5.74) is 3.32. The molecule has 3 heteroatoms. The van der Waals surface area contributed by atoms with Gasteiger partial charge in [-0.05, 0) is 31.4 Å². The molecule has 1 saturated carbocycles. The molecular weight excluding hydrogens is 224 g/mol. The number of aryl methyl sites for hydroxylation is 1.